The highest BCUT2D eigenvalue weighted by Gasteiger charge is 2.19. The maximum atomic E-state index is 12.1. The minimum absolute atomic E-state index is 0.352. The zero-order valence-electron chi connectivity index (χ0n) is 13.8. The van der Waals surface area contributed by atoms with Crippen LogP contribution >= 0.6 is 23.5 Å². The summed E-state index contributed by atoms with van der Waals surface area (Å²) in [7, 11) is 0. The number of hydrogen-bond acceptors (Lipinski definition) is 6. The number of nitrogens with zero attached hydrogens (tertiary/aromatic N) is 1. The first kappa shape index (κ1) is 18.4. The van der Waals surface area contributed by atoms with Gasteiger partial charge in [0.05, 0.1) is 21.4 Å². The molecule has 132 valence electrons. The number of ether oxygens (including phenoxy) is 1. The smallest absolute Gasteiger partial charge is 0.338 e. The van der Waals surface area contributed by atoms with Gasteiger partial charge in [-0.1, -0.05) is 24.3 Å². The van der Waals surface area contributed by atoms with Crippen LogP contribution in [0.2, 0.25) is 0 Å². The Morgan fingerprint density at radius 2 is 1.81 bits per heavy atom. The third-order valence-corrected chi connectivity index (χ3v) is 6.80. The van der Waals surface area contributed by atoms with Crippen LogP contribution in [0.4, 0.5) is 5.69 Å². The van der Waals surface area contributed by atoms with Gasteiger partial charge in [0.1, 0.15) is 6.07 Å². The number of benzene rings is 2. The van der Waals surface area contributed by atoms with Crippen molar-refractivity contribution in [2.75, 3.05) is 23.4 Å². The monoisotopic (exact) mass is 384 g/mol. The second-order valence-electron chi connectivity index (χ2n) is 5.48. The van der Waals surface area contributed by atoms with Crippen LogP contribution in [0.25, 0.3) is 0 Å². The fraction of sp³-hybridized carbons (Fsp3) is 0.211. The van der Waals surface area contributed by atoms with E-state index in [1.165, 1.54) is 5.56 Å². The molecule has 0 bridgehead atoms. The highest BCUT2D eigenvalue weighted by Crippen LogP contribution is 2.45. The van der Waals surface area contributed by atoms with Gasteiger partial charge < -0.3 is 10.1 Å². The van der Waals surface area contributed by atoms with Crippen molar-refractivity contribution >= 4 is 41.1 Å². The lowest BCUT2D eigenvalue weighted by Gasteiger charge is -2.10. The third kappa shape index (κ3) is 4.59. The first-order chi connectivity index (χ1) is 12.7. The average Bonchev–Trinajstić information content (AvgIpc) is 3.21. The lowest BCUT2D eigenvalue weighted by Crippen LogP contribution is -2.21. The number of nitrogens with one attached hydrogen (secondary N) is 1. The molecule has 1 aliphatic heterocycles. The van der Waals surface area contributed by atoms with E-state index in [1.54, 1.807) is 36.4 Å². The normalized spacial score (nSPS) is 13.8. The first-order valence-electron chi connectivity index (χ1n) is 7.96. The Morgan fingerprint density at radius 3 is 2.50 bits per heavy atom. The summed E-state index contributed by atoms with van der Waals surface area (Å²) in [6, 6.07) is 15.9. The van der Waals surface area contributed by atoms with Crippen LogP contribution in [0, 0.1) is 11.3 Å². The number of carbonyl (C=O) groups excluding carboxylic acids is 2. The molecule has 1 aliphatic rings. The molecule has 5 nitrogen and oxygen atoms in total. The highest BCUT2D eigenvalue weighted by molar-refractivity contribution is 8.19. The van der Waals surface area contributed by atoms with Gasteiger partial charge in [-0.05, 0) is 29.8 Å². The molecule has 7 heteroatoms. The summed E-state index contributed by atoms with van der Waals surface area (Å²) in [5, 5.41) is 11.6. The van der Waals surface area contributed by atoms with Gasteiger partial charge in [-0.2, -0.15) is 5.26 Å². The summed E-state index contributed by atoms with van der Waals surface area (Å²) >= 11 is 3.80. The molecule has 1 N–H and O–H groups in total. The second-order valence-corrected chi connectivity index (χ2v) is 8.20. The van der Waals surface area contributed by atoms with E-state index in [1.807, 2.05) is 41.7 Å². The lowest BCUT2D eigenvalue weighted by molar-refractivity contribution is -0.119. The number of carbonyl (C=O) groups is 2. The number of amides is 1. The van der Waals surface area contributed by atoms with E-state index in [0.29, 0.717) is 21.4 Å². The van der Waals surface area contributed by atoms with Crippen molar-refractivity contribution in [1.29, 1.82) is 5.26 Å². The van der Waals surface area contributed by atoms with E-state index in [2.05, 4.69) is 5.32 Å². The van der Waals surface area contributed by atoms with E-state index in [0.717, 1.165) is 11.5 Å². The summed E-state index contributed by atoms with van der Waals surface area (Å²) in [6.07, 6.45) is 0. The van der Waals surface area contributed by atoms with Crippen LogP contribution in [0.15, 0.2) is 48.5 Å². The van der Waals surface area contributed by atoms with Gasteiger partial charge in [-0.25, -0.2) is 4.79 Å². The topological polar surface area (TPSA) is 79.2 Å². The zero-order chi connectivity index (χ0) is 18.4. The van der Waals surface area contributed by atoms with E-state index in [-0.39, 0.29) is 0 Å². The molecule has 0 radical (unpaired) electrons. The molecule has 0 atom stereocenters. The second kappa shape index (κ2) is 8.79. The van der Waals surface area contributed by atoms with Crippen LogP contribution < -0.4 is 5.32 Å². The van der Waals surface area contributed by atoms with Gasteiger partial charge in [0, 0.05) is 11.5 Å². The summed E-state index contributed by atoms with van der Waals surface area (Å²) in [5.74, 6) is 1.25. The molecule has 1 fully saturated rings. The number of hydrogen-bond donors (Lipinski definition) is 1. The molecular formula is C19H16N2O3S2. The predicted octanol–water partition coefficient (Wildman–Crippen LogP) is 3.83. The number of anilines is 1. The van der Waals surface area contributed by atoms with Crippen molar-refractivity contribution in [1.82, 2.24) is 0 Å². The fourth-order valence-corrected chi connectivity index (χ4v) is 5.28. The third-order valence-electron chi connectivity index (χ3n) is 3.70. The SMILES string of the molecule is N#Cc1ccccc1NC(=O)COC(=O)c1ccc(C2SCCS2)cc1. The molecule has 0 saturated carbocycles. The maximum Gasteiger partial charge on any atom is 0.338 e. The van der Waals surface area contributed by atoms with Crippen molar-refractivity contribution < 1.29 is 14.3 Å². The Morgan fingerprint density at radius 1 is 1.12 bits per heavy atom. The zero-order valence-corrected chi connectivity index (χ0v) is 15.4. The minimum atomic E-state index is -0.549. The van der Waals surface area contributed by atoms with Gasteiger partial charge in [-0.15, -0.1) is 23.5 Å². The summed E-state index contributed by atoms with van der Waals surface area (Å²) < 4.78 is 5.48. The number of thioether (sulfide) groups is 2. The van der Waals surface area contributed by atoms with E-state index < -0.39 is 18.5 Å². The molecule has 0 aromatic heterocycles. The molecule has 0 unspecified atom stereocenters. The largest absolute Gasteiger partial charge is 0.452 e. The van der Waals surface area contributed by atoms with Crippen molar-refractivity contribution in [2.24, 2.45) is 0 Å². The van der Waals surface area contributed by atoms with Crippen molar-refractivity contribution in [3.05, 3.63) is 65.2 Å². The molecule has 3 rings (SSSR count). The Hall–Kier alpha value is -2.43. The molecule has 26 heavy (non-hydrogen) atoms. The number of nitriles is 1. The Labute approximate surface area is 160 Å². The fourth-order valence-electron chi connectivity index (χ4n) is 2.42. The first-order valence-corrected chi connectivity index (χ1v) is 10.1. The van der Waals surface area contributed by atoms with E-state index in [4.69, 9.17) is 10.00 Å². The van der Waals surface area contributed by atoms with Crippen molar-refractivity contribution in [2.45, 2.75) is 4.58 Å². The number of esters is 1. The molecule has 1 heterocycles. The highest BCUT2D eigenvalue weighted by atomic mass is 32.2. The maximum absolute atomic E-state index is 12.1. The van der Waals surface area contributed by atoms with Gasteiger partial charge in [-0.3, -0.25) is 4.79 Å². The minimum Gasteiger partial charge on any atom is -0.452 e. The van der Waals surface area contributed by atoms with Crippen LogP contribution in [-0.2, 0) is 9.53 Å². The molecule has 0 aliphatic carbocycles. The Bertz CT molecular complexity index is 841. The molecule has 0 spiro atoms. The lowest BCUT2D eigenvalue weighted by atomic mass is 10.1. The number of rotatable bonds is 5. The van der Waals surface area contributed by atoms with E-state index in [9.17, 15) is 9.59 Å². The Balaban J connectivity index is 1.53. The molecule has 2 aromatic carbocycles. The standard InChI is InChI=1S/C19H16N2O3S2/c20-11-15-3-1-2-4-16(15)21-17(22)12-24-18(23)13-5-7-14(8-6-13)19-25-9-10-26-19/h1-8,19H,9-10,12H2,(H,21,22). The quantitative estimate of drug-likeness (QED) is 0.789. The van der Waals surface area contributed by atoms with Gasteiger partial charge in [0.15, 0.2) is 6.61 Å². The van der Waals surface area contributed by atoms with Crippen LogP contribution in [0.5, 0.6) is 0 Å². The summed E-state index contributed by atoms with van der Waals surface area (Å²) in [4.78, 5) is 24.0. The molecule has 1 saturated heterocycles. The van der Waals surface area contributed by atoms with Crippen LogP contribution in [0.1, 0.15) is 26.1 Å². The molecule has 2 aromatic rings. The van der Waals surface area contributed by atoms with Crippen LogP contribution in [0.3, 0.4) is 0 Å². The molecule has 1 amide bonds. The predicted molar refractivity (Wildman–Crippen MR) is 104 cm³/mol. The van der Waals surface area contributed by atoms with Gasteiger partial charge >= 0.3 is 5.97 Å². The van der Waals surface area contributed by atoms with Gasteiger partial charge in [0.25, 0.3) is 5.91 Å². The Kier molecular flexibility index (Phi) is 6.21. The van der Waals surface area contributed by atoms with Gasteiger partial charge in [0.2, 0.25) is 0 Å². The molecular weight excluding hydrogens is 368 g/mol. The number of para-hydroxylation sites is 1. The summed E-state index contributed by atoms with van der Waals surface area (Å²) in [6.45, 7) is -0.408. The van der Waals surface area contributed by atoms with Crippen molar-refractivity contribution in [3.63, 3.8) is 0 Å². The summed E-state index contributed by atoms with van der Waals surface area (Å²) in [5.41, 5.74) is 2.34. The van der Waals surface area contributed by atoms with Crippen LogP contribution in [-0.4, -0.2) is 30.0 Å². The van der Waals surface area contributed by atoms with E-state index >= 15 is 0 Å². The van der Waals surface area contributed by atoms with Crippen molar-refractivity contribution in [3.8, 4) is 6.07 Å². The average molecular weight is 384 g/mol.